The molecule has 3 rings (SSSR count). The molecule has 3 nitrogen and oxygen atoms in total. The van der Waals surface area contributed by atoms with Crippen LogP contribution < -0.4 is 10.1 Å². The van der Waals surface area contributed by atoms with Crippen LogP contribution >= 0.6 is 40.7 Å². The van der Waals surface area contributed by atoms with Crippen molar-refractivity contribution in [2.75, 3.05) is 33.3 Å². The van der Waals surface area contributed by atoms with Crippen molar-refractivity contribution in [3.63, 3.8) is 0 Å². The molecule has 1 aromatic carbocycles. The number of nitrogens with zero attached hydrogens (tertiary/aromatic N) is 1. The molecule has 1 N–H and O–H groups in total. The summed E-state index contributed by atoms with van der Waals surface area (Å²) in [5.41, 5.74) is 1.40. The van der Waals surface area contributed by atoms with E-state index in [9.17, 15) is 0 Å². The molecule has 126 valence electrons. The summed E-state index contributed by atoms with van der Waals surface area (Å²) in [5, 5.41) is 3.46. The molecule has 6 heteroatoms. The number of methoxy groups -OCH3 is 1. The SMILES string of the molecule is COc1ccc(Br)c([C@H](C2CCC2)N2CCNCC2)c1.Cl.Cl. The molecule has 1 atom stereocenters. The number of hydrogen-bond donors (Lipinski definition) is 1. The van der Waals surface area contributed by atoms with Gasteiger partial charge < -0.3 is 10.1 Å². The Morgan fingerprint density at radius 2 is 1.91 bits per heavy atom. The molecular formula is C16H25BrCl2N2O. The summed E-state index contributed by atoms with van der Waals surface area (Å²) in [4.78, 5) is 2.65. The molecule has 2 fully saturated rings. The molecule has 0 radical (unpaired) electrons. The summed E-state index contributed by atoms with van der Waals surface area (Å²) in [5.74, 6) is 1.76. The van der Waals surface area contributed by atoms with Gasteiger partial charge in [0.25, 0.3) is 0 Å². The lowest BCUT2D eigenvalue weighted by atomic mass is 9.76. The third kappa shape index (κ3) is 4.30. The Morgan fingerprint density at radius 3 is 2.45 bits per heavy atom. The molecule has 22 heavy (non-hydrogen) atoms. The summed E-state index contributed by atoms with van der Waals surface area (Å²) in [6.07, 6.45) is 4.10. The molecule has 1 aliphatic carbocycles. The van der Waals surface area contributed by atoms with Crippen molar-refractivity contribution in [2.45, 2.75) is 25.3 Å². The van der Waals surface area contributed by atoms with E-state index in [4.69, 9.17) is 4.74 Å². The van der Waals surface area contributed by atoms with Gasteiger partial charge in [-0.3, -0.25) is 4.90 Å². The Hall–Kier alpha value is -0.000000000000000111. The Kier molecular flexibility index (Phi) is 8.50. The minimum Gasteiger partial charge on any atom is -0.497 e. The Balaban J connectivity index is 0.00000121. The zero-order valence-corrected chi connectivity index (χ0v) is 16.1. The zero-order valence-electron chi connectivity index (χ0n) is 12.9. The highest BCUT2D eigenvalue weighted by Gasteiger charge is 2.34. The molecule has 1 aliphatic heterocycles. The number of halogens is 3. The molecular weight excluding hydrogens is 387 g/mol. The third-order valence-electron chi connectivity index (χ3n) is 4.66. The normalized spacial score (nSPS) is 20.3. The number of piperazine rings is 1. The number of hydrogen-bond acceptors (Lipinski definition) is 3. The highest BCUT2D eigenvalue weighted by atomic mass is 79.9. The van der Waals surface area contributed by atoms with Crippen LogP contribution in [-0.4, -0.2) is 38.2 Å². The van der Waals surface area contributed by atoms with Crippen LogP contribution in [0.25, 0.3) is 0 Å². The van der Waals surface area contributed by atoms with Gasteiger partial charge in [0.15, 0.2) is 0 Å². The molecule has 0 amide bonds. The molecule has 0 bridgehead atoms. The molecule has 1 heterocycles. The predicted molar refractivity (Wildman–Crippen MR) is 99.7 cm³/mol. The van der Waals surface area contributed by atoms with Gasteiger partial charge >= 0.3 is 0 Å². The van der Waals surface area contributed by atoms with E-state index >= 15 is 0 Å². The summed E-state index contributed by atoms with van der Waals surface area (Å²) in [6, 6.07) is 6.91. The van der Waals surface area contributed by atoms with Crippen molar-refractivity contribution < 1.29 is 4.74 Å². The second-order valence-electron chi connectivity index (χ2n) is 5.81. The van der Waals surface area contributed by atoms with E-state index in [1.54, 1.807) is 7.11 Å². The fourth-order valence-electron chi connectivity index (χ4n) is 3.34. The van der Waals surface area contributed by atoms with Crippen LogP contribution in [0.3, 0.4) is 0 Å². The van der Waals surface area contributed by atoms with Crippen molar-refractivity contribution in [1.29, 1.82) is 0 Å². The maximum Gasteiger partial charge on any atom is 0.119 e. The van der Waals surface area contributed by atoms with E-state index in [1.165, 1.54) is 29.3 Å². The minimum absolute atomic E-state index is 0. The fraction of sp³-hybridized carbons (Fsp3) is 0.625. The summed E-state index contributed by atoms with van der Waals surface area (Å²) in [6.45, 7) is 4.49. The first-order chi connectivity index (χ1) is 9.79. The summed E-state index contributed by atoms with van der Waals surface area (Å²) >= 11 is 3.75. The van der Waals surface area contributed by atoms with Crippen LogP contribution in [-0.2, 0) is 0 Å². The van der Waals surface area contributed by atoms with Crippen LogP contribution in [0.15, 0.2) is 22.7 Å². The van der Waals surface area contributed by atoms with Crippen molar-refractivity contribution in [3.8, 4) is 5.75 Å². The van der Waals surface area contributed by atoms with Crippen molar-refractivity contribution >= 4 is 40.7 Å². The number of ether oxygens (including phenoxy) is 1. The Morgan fingerprint density at radius 1 is 1.23 bits per heavy atom. The van der Waals surface area contributed by atoms with E-state index in [1.807, 2.05) is 6.07 Å². The average molecular weight is 412 g/mol. The van der Waals surface area contributed by atoms with Crippen molar-refractivity contribution in [2.24, 2.45) is 5.92 Å². The maximum atomic E-state index is 5.43. The third-order valence-corrected chi connectivity index (χ3v) is 5.39. The van der Waals surface area contributed by atoms with Crippen molar-refractivity contribution in [1.82, 2.24) is 10.2 Å². The van der Waals surface area contributed by atoms with Gasteiger partial charge in [-0.15, -0.1) is 24.8 Å². The lowest BCUT2D eigenvalue weighted by molar-refractivity contribution is 0.0831. The van der Waals surface area contributed by atoms with Crippen LogP contribution in [0, 0.1) is 5.92 Å². The molecule has 1 saturated heterocycles. The van der Waals surface area contributed by atoms with Crippen molar-refractivity contribution in [3.05, 3.63) is 28.2 Å². The first-order valence-electron chi connectivity index (χ1n) is 7.58. The number of benzene rings is 1. The lowest BCUT2D eigenvalue weighted by Gasteiger charge is -2.43. The zero-order chi connectivity index (χ0) is 13.9. The molecule has 0 unspecified atom stereocenters. The van der Waals surface area contributed by atoms with Gasteiger partial charge in [-0.25, -0.2) is 0 Å². The second-order valence-corrected chi connectivity index (χ2v) is 6.66. The van der Waals surface area contributed by atoms with E-state index in [0.717, 1.165) is 37.8 Å². The first-order valence-corrected chi connectivity index (χ1v) is 8.37. The average Bonchev–Trinajstić information content (AvgIpc) is 2.44. The molecule has 1 aromatic rings. The van der Waals surface area contributed by atoms with E-state index < -0.39 is 0 Å². The lowest BCUT2D eigenvalue weighted by Crippen LogP contribution is -2.47. The smallest absolute Gasteiger partial charge is 0.119 e. The fourth-order valence-corrected chi connectivity index (χ4v) is 3.82. The minimum atomic E-state index is 0. The highest BCUT2D eigenvalue weighted by molar-refractivity contribution is 9.10. The van der Waals surface area contributed by atoms with Crippen LogP contribution in [0.2, 0.25) is 0 Å². The van der Waals surface area contributed by atoms with Gasteiger partial charge in [0.2, 0.25) is 0 Å². The molecule has 0 aromatic heterocycles. The van der Waals surface area contributed by atoms with Crippen LogP contribution in [0.1, 0.15) is 30.9 Å². The first kappa shape index (κ1) is 20.0. The number of nitrogens with one attached hydrogen (secondary N) is 1. The Labute approximate surface area is 154 Å². The van der Waals surface area contributed by atoms with E-state index in [-0.39, 0.29) is 24.8 Å². The monoisotopic (exact) mass is 410 g/mol. The van der Waals surface area contributed by atoms with Gasteiger partial charge in [-0.1, -0.05) is 22.4 Å². The van der Waals surface area contributed by atoms with Crippen LogP contribution in [0.5, 0.6) is 5.75 Å². The highest BCUT2D eigenvalue weighted by Crippen LogP contribution is 2.44. The quantitative estimate of drug-likeness (QED) is 0.808. The van der Waals surface area contributed by atoms with E-state index in [0.29, 0.717) is 6.04 Å². The van der Waals surface area contributed by atoms with Crippen LogP contribution in [0.4, 0.5) is 0 Å². The molecule has 1 saturated carbocycles. The standard InChI is InChI=1S/C16H23BrN2O.2ClH/c1-20-13-5-6-15(17)14(11-13)16(12-3-2-4-12)19-9-7-18-8-10-19;;/h5-6,11-12,16,18H,2-4,7-10H2,1H3;2*1H/t16-;;/m0../s1. The number of rotatable bonds is 4. The summed E-state index contributed by atoms with van der Waals surface area (Å²) in [7, 11) is 1.75. The van der Waals surface area contributed by atoms with Gasteiger partial charge in [0.05, 0.1) is 7.11 Å². The van der Waals surface area contributed by atoms with Gasteiger partial charge in [-0.2, -0.15) is 0 Å². The van der Waals surface area contributed by atoms with Gasteiger partial charge in [0.1, 0.15) is 5.75 Å². The molecule has 2 aliphatic rings. The second kappa shape index (κ2) is 9.33. The Bertz CT molecular complexity index is 465. The van der Waals surface area contributed by atoms with E-state index in [2.05, 4.69) is 38.3 Å². The summed E-state index contributed by atoms with van der Waals surface area (Å²) < 4.78 is 6.64. The largest absolute Gasteiger partial charge is 0.497 e. The van der Waals surface area contributed by atoms with Gasteiger partial charge in [-0.05, 0) is 42.5 Å². The predicted octanol–water partition coefficient (Wildman–Crippen LogP) is 4.05. The maximum absolute atomic E-state index is 5.43. The molecule has 0 spiro atoms. The topological polar surface area (TPSA) is 24.5 Å². The van der Waals surface area contributed by atoms with Gasteiger partial charge in [0, 0.05) is 36.7 Å².